The normalized spacial score (nSPS) is 10.6. The summed E-state index contributed by atoms with van der Waals surface area (Å²) in [7, 11) is 3.12. The molecule has 0 radical (unpaired) electrons. The molecule has 0 unspecified atom stereocenters. The number of halogens is 1. The summed E-state index contributed by atoms with van der Waals surface area (Å²) in [6.45, 7) is 0.367. The average Bonchev–Trinajstić information content (AvgIpc) is 2.83. The second-order valence-electron chi connectivity index (χ2n) is 6.84. The molecule has 0 saturated heterocycles. The van der Waals surface area contributed by atoms with E-state index in [9.17, 15) is 4.39 Å². The fraction of sp³-hybridized carbons (Fsp3) is 0.125. The van der Waals surface area contributed by atoms with Crippen LogP contribution in [0, 0.1) is 5.82 Å². The van der Waals surface area contributed by atoms with Crippen LogP contribution >= 0.6 is 0 Å². The highest BCUT2D eigenvalue weighted by atomic mass is 19.1. The molecule has 2 N–H and O–H groups in total. The highest BCUT2D eigenvalue weighted by Gasteiger charge is 2.18. The largest absolute Gasteiger partial charge is 0.497 e. The molecule has 0 fully saturated rings. The fourth-order valence-corrected chi connectivity index (χ4v) is 3.17. The first kappa shape index (κ1) is 21.0. The summed E-state index contributed by atoms with van der Waals surface area (Å²) in [6, 6.07) is 17.2. The van der Waals surface area contributed by atoms with Gasteiger partial charge in [-0.05, 0) is 48.0 Å². The molecule has 0 bridgehead atoms. The van der Waals surface area contributed by atoms with Gasteiger partial charge in [0.1, 0.15) is 18.2 Å². The topological polar surface area (TPSA) is 92.4 Å². The zero-order valence-corrected chi connectivity index (χ0v) is 17.6. The van der Waals surface area contributed by atoms with Gasteiger partial charge < -0.3 is 19.9 Å². The molecule has 0 amide bonds. The standard InChI is InChI=1S/C24H21FN4O3/c1-30-19-10-3-15(4-11-19)14-32-20-12-7-17(13-27-20)21-22(16-5-8-18(25)9-6-16)28-24(26)29-23(21)31-2/h3-13H,14H2,1-2H3,(H2,26,28,29). The minimum absolute atomic E-state index is 0.0531. The van der Waals surface area contributed by atoms with Crippen LogP contribution in [0.4, 0.5) is 10.3 Å². The molecule has 2 heterocycles. The minimum atomic E-state index is -0.343. The van der Waals surface area contributed by atoms with Crippen molar-refractivity contribution in [1.82, 2.24) is 15.0 Å². The number of nitrogens with two attached hydrogens (primary N) is 1. The number of nitrogens with zero attached hydrogens (tertiary/aromatic N) is 3. The third-order valence-corrected chi connectivity index (χ3v) is 4.77. The van der Waals surface area contributed by atoms with Crippen LogP contribution in [0.3, 0.4) is 0 Å². The summed E-state index contributed by atoms with van der Waals surface area (Å²) in [5, 5.41) is 0. The lowest BCUT2D eigenvalue weighted by Gasteiger charge is -2.14. The van der Waals surface area contributed by atoms with Crippen molar-refractivity contribution in [3.05, 3.63) is 78.2 Å². The molecule has 8 heteroatoms. The summed E-state index contributed by atoms with van der Waals surface area (Å²) in [6.07, 6.45) is 1.65. The molecule has 2 aromatic heterocycles. The minimum Gasteiger partial charge on any atom is -0.497 e. The van der Waals surface area contributed by atoms with E-state index in [1.165, 1.54) is 19.2 Å². The van der Waals surface area contributed by atoms with Crippen LogP contribution in [-0.4, -0.2) is 29.2 Å². The maximum absolute atomic E-state index is 13.4. The number of ether oxygens (including phenoxy) is 3. The Morgan fingerprint density at radius 3 is 2.19 bits per heavy atom. The lowest BCUT2D eigenvalue weighted by atomic mass is 10.0. The van der Waals surface area contributed by atoms with Crippen molar-refractivity contribution < 1.29 is 18.6 Å². The molecular weight excluding hydrogens is 411 g/mol. The van der Waals surface area contributed by atoms with Gasteiger partial charge in [0.25, 0.3) is 0 Å². The molecule has 4 rings (SSSR count). The van der Waals surface area contributed by atoms with E-state index >= 15 is 0 Å². The molecular formula is C24H21FN4O3. The van der Waals surface area contributed by atoms with E-state index in [0.29, 0.717) is 40.8 Å². The number of benzene rings is 2. The molecule has 7 nitrogen and oxygen atoms in total. The zero-order valence-electron chi connectivity index (χ0n) is 17.6. The summed E-state index contributed by atoms with van der Waals surface area (Å²) in [5.41, 5.74) is 9.35. The predicted octanol–water partition coefficient (Wildman–Crippen LogP) is 4.52. The van der Waals surface area contributed by atoms with Crippen molar-refractivity contribution >= 4 is 5.95 Å². The van der Waals surface area contributed by atoms with Crippen LogP contribution in [0.1, 0.15) is 5.56 Å². The number of methoxy groups -OCH3 is 2. The molecule has 0 aliphatic rings. The lowest BCUT2D eigenvalue weighted by Crippen LogP contribution is -2.03. The smallest absolute Gasteiger partial charge is 0.226 e. The van der Waals surface area contributed by atoms with E-state index in [1.54, 1.807) is 31.5 Å². The number of pyridine rings is 1. The number of rotatable bonds is 7. The second kappa shape index (κ2) is 9.30. The highest BCUT2D eigenvalue weighted by molar-refractivity contribution is 5.84. The van der Waals surface area contributed by atoms with E-state index in [4.69, 9.17) is 19.9 Å². The third-order valence-electron chi connectivity index (χ3n) is 4.77. The SMILES string of the molecule is COc1ccc(COc2ccc(-c3c(OC)nc(N)nc3-c3ccc(F)cc3)cn2)cc1. The van der Waals surface area contributed by atoms with Gasteiger partial charge in [0.15, 0.2) is 0 Å². The Bertz CT molecular complexity index is 1200. The first-order chi connectivity index (χ1) is 15.6. The van der Waals surface area contributed by atoms with Gasteiger partial charge in [0, 0.05) is 23.4 Å². The van der Waals surface area contributed by atoms with Crippen molar-refractivity contribution in [1.29, 1.82) is 0 Å². The van der Waals surface area contributed by atoms with E-state index < -0.39 is 0 Å². The molecule has 32 heavy (non-hydrogen) atoms. The van der Waals surface area contributed by atoms with E-state index in [2.05, 4.69) is 15.0 Å². The second-order valence-corrected chi connectivity index (χ2v) is 6.84. The van der Waals surface area contributed by atoms with Crippen LogP contribution < -0.4 is 19.9 Å². The first-order valence-electron chi connectivity index (χ1n) is 9.77. The fourth-order valence-electron chi connectivity index (χ4n) is 3.17. The summed E-state index contributed by atoms with van der Waals surface area (Å²) >= 11 is 0. The van der Waals surface area contributed by atoms with Gasteiger partial charge in [-0.2, -0.15) is 4.98 Å². The van der Waals surface area contributed by atoms with Gasteiger partial charge in [-0.3, -0.25) is 0 Å². The zero-order chi connectivity index (χ0) is 22.5. The Labute approximate surface area is 184 Å². The maximum atomic E-state index is 13.4. The summed E-state index contributed by atoms with van der Waals surface area (Å²) in [5.74, 6) is 1.25. The Morgan fingerprint density at radius 2 is 1.56 bits per heavy atom. The van der Waals surface area contributed by atoms with E-state index in [1.807, 2.05) is 30.3 Å². The molecule has 0 atom stereocenters. The summed E-state index contributed by atoms with van der Waals surface area (Å²) in [4.78, 5) is 13.0. The molecule has 0 aliphatic carbocycles. The molecule has 0 aliphatic heterocycles. The Hall–Kier alpha value is -4.20. The van der Waals surface area contributed by atoms with Crippen molar-refractivity contribution in [2.75, 3.05) is 20.0 Å². The van der Waals surface area contributed by atoms with E-state index in [0.717, 1.165) is 11.3 Å². The molecule has 2 aromatic carbocycles. The molecule has 0 saturated carbocycles. The Kier molecular flexibility index (Phi) is 6.12. The molecule has 162 valence electrons. The Balaban J connectivity index is 1.62. The van der Waals surface area contributed by atoms with Crippen LogP contribution in [0.2, 0.25) is 0 Å². The Morgan fingerprint density at radius 1 is 0.844 bits per heavy atom. The number of aromatic nitrogens is 3. The van der Waals surface area contributed by atoms with Crippen molar-refractivity contribution in [2.45, 2.75) is 6.61 Å². The predicted molar refractivity (Wildman–Crippen MR) is 119 cm³/mol. The quantitative estimate of drug-likeness (QED) is 0.459. The highest BCUT2D eigenvalue weighted by Crippen LogP contribution is 2.37. The van der Waals surface area contributed by atoms with Crippen LogP contribution in [0.15, 0.2) is 66.9 Å². The average molecular weight is 432 g/mol. The third kappa shape index (κ3) is 4.59. The van der Waals surface area contributed by atoms with Gasteiger partial charge in [-0.25, -0.2) is 14.4 Å². The monoisotopic (exact) mass is 432 g/mol. The van der Waals surface area contributed by atoms with Crippen LogP contribution in [0.25, 0.3) is 22.4 Å². The molecule has 0 spiro atoms. The summed E-state index contributed by atoms with van der Waals surface area (Å²) < 4.78 is 29.8. The van der Waals surface area contributed by atoms with Crippen molar-refractivity contribution in [3.63, 3.8) is 0 Å². The van der Waals surface area contributed by atoms with E-state index in [-0.39, 0.29) is 11.8 Å². The number of hydrogen-bond acceptors (Lipinski definition) is 7. The first-order valence-corrected chi connectivity index (χ1v) is 9.77. The van der Waals surface area contributed by atoms with Crippen molar-refractivity contribution in [3.8, 4) is 39.9 Å². The maximum Gasteiger partial charge on any atom is 0.226 e. The van der Waals surface area contributed by atoms with Gasteiger partial charge in [-0.1, -0.05) is 12.1 Å². The van der Waals surface area contributed by atoms with Gasteiger partial charge >= 0.3 is 0 Å². The number of anilines is 1. The number of nitrogen functional groups attached to an aromatic ring is 1. The molecule has 4 aromatic rings. The van der Waals surface area contributed by atoms with Gasteiger partial charge in [0.05, 0.1) is 25.5 Å². The number of hydrogen-bond donors (Lipinski definition) is 1. The van der Waals surface area contributed by atoms with Gasteiger partial charge in [0.2, 0.25) is 17.7 Å². The van der Waals surface area contributed by atoms with Gasteiger partial charge in [-0.15, -0.1) is 0 Å². The van der Waals surface area contributed by atoms with Crippen molar-refractivity contribution in [2.24, 2.45) is 0 Å². The lowest BCUT2D eigenvalue weighted by molar-refractivity contribution is 0.294. The van der Waals surface area contributed by atoms with Crippen LogP contribution in [0.5, 0.6) is 17.5 Å². The van der Waals surface area contributed by atoms with Crippen LogP contribution in [-0.2, 0) is 6.61 Å².